The molecule has 1 amide bonds. The van der Waals surface area contributed by atoms with Gasteiger partial charge in [0.05, 0.1) is 6.10 Å². The normalized spacial score (nSPS) is 10.2. The van der Waals surface area contributed by atoms with Gasteiger partial charge in [0.2, 0.25) is 0 Å². The van der Waals surface area contributed by atoms with Gasteiger partial charge in [0.15, 0.2) is 0 Å². The molecule has 0 aliphatic carbocycles. The number of alkyl carbamates (subject to hydrolysis) is 1. The van der Waals surface area contributed by atoms with E-state index in [2.05, 4.69) is 22.3 Å². The van der Waals surface area contributed by atoms with Crippen LogP contribution in [-0.2, 0) is 4.74 Å². The topological polar surface area (TPSA) is 41.6 Å². The lowest BCUT2D eigenvalue weighted by molar-refractivity contribution is 0.115. The number of hydrogen-bond acceptors (Lipinski definition) is 3. The van der Waals surface area contributed by atoms with Crippen molar-refractivity contribution >= 4 is 11.8 Å². The van der Waals surface area contributed by atoms with Crippen molar-refractivity contribution in [3.63, 3.8) is 0 Å². The fourth-order valence-electron chi connectivity index (χ4n) is 1.57. The molecule has 4 heteroatoms. The molecule has 0 aliphatic heterocycles. The molecule has 0 heterocycles. The summed E-state index contributed by atoms with van der Waals surface area (Å²) in [5.41, 5.74) is 1.18. The van der Waals surface area contributed by atoms with Gasteiger partial charge >= 0.3 is 6.09 Å². The van der Waals surface area contributed by atoms with E-state index in [0.717, 1.165) is 13.0 Å². The lowest BCUT2D eigenvalue weighted by Crippen LogP contribution is -2.30. The van der Waals surface area contributed by atoms with Crippen LogP contribution in [0.15, 0.2) is 30.3 Å². The van der Waals surface area contributed by atoms with E-state index < -0.39 is 0 Å². The van der Waals surface area contributed by atoms with E-state index in [1.54, 1.807) is 0 Å². The van der Waals surface area contributed by atoms with E-state index in [0.29, 0.717) is 6.54 Å². The monoisotopic (exact) mass is 250 g/mol. The summed E-state index contributed by atoms with van der Waals surface area (Å²) in [5, 5.41) is 2.73. The summed E-state index contributed by atoms with van der Waals surface area (Å²) in [7, 11) is 2.04. The SMILES string of the molecule is CC(C)OC(=O)NCCCN(C)c1ccccc1. The predicted molar refractivity (Wildman–Crippen MR) is 73.9 cm³/mol. The van der Waals surface area contributed by atoms with Gasteiger partial charge in [0.1, 0.15) is 0 Å². The number of para-hydroxylation sites is 1. The van der Waals surface area contributed by atoms with Crippen LogP contribution in [0.4, 0.5) is 10.5 Å². The second-order valence-corrected chi connectivity index (χ2v) is 4.49. The molecule has 1 rings (SSSR count). The van der Waals surface area contributed by atoms with E-state index in [9.17, 15) is 4.79 Å². The molecule has 1 N–H and O–H groups in total. The van der Waals surface area contributed by atoms with Gasteiger partial charge < -0.3 is 15.0 Å². The molecule has 1 aromatic carbocycles. The lowest BCUT2D eigenvalue weighted by atomic mass is 10.3. The largest absolute Gasteiger partial charge is 0.447 e. The van der Waals surface area contributed by atoms with Crippen LogP contribution in [0.3, 0.4) is 0 Å². The van der Waals surface area contributed by atoms with Gasteiger partial charge in [0.25, 0.3) is 0 Å². The summed E-state index contributed by atoms with van der Waals surface area (Å²) >= 11 is 0. The van der Waals surface area contributed by atoms with Crippen LogP contribution in [0, 0.1) is 0 Å². The molecule has 0 radical (unpaired) electrons. The average molecular weight is 250 g/mol. The Morgan fingerprint density at radius 2 is 2.00 bits per heavy atom. The Balaban J connectivity index is 2.17. The minimum Gasteiger partial charge on any atom is -0.447 e. The Labute approximate surface area is 109 Å². The van der Waals surface area contributed by atoms with Crippen LogP contribution in [0.5, 0.6) is 0 Å². The summed E-state index contributed by atoms with van der Waals surface area (Å²) in [6, 6.07) is 10.2. The maximum Gasteiger partial charge on any atom is 0.407 e. The van der Waals surface area contributed by atoms with Crippen molar-refractivity contribution < 1.29 is 9.53 Å². The number of nitrogens with zero attached hydrogens (tertiary/aromatic N) is 1. The summed E-state index contributed by atoms with van der Waals surface area (Å²) in [6.07, 6.45) is 0.475. The standard InChI is InChI=1S/C14H22N2O2/c1-12(2)18-14(17)15-10-7-11-16(3)13-8-5-4-6-9-13/h4-6,8-9,12H,7,10-11H2,1-3H3,(H,15,17). The maximum absolute atomic E-state index is 11.2. The Hall–Kier alpha value is -1.71. The van der Waals surface area contributed by atoms with Crippen molar-refractivity contribution in [2.75, 3.05) is 25.0 Å². The summed E-state index contributed by atoms with van der Waals surface area (Å²) < 4.78 is 4.98. The number of amides is 1. The highest BCUT2D eigenvalue weighted by Crippen LogP contribution is 2.10. The molecule has 0 saturated carbocycles. The van der Waals surface area contributed by atoms with Gasteiger partial charge in [-0.25, -0.2) is 4.79 Å². The third kappa shape index (κ3) is 5.57. The minimum atomic E-state index is -0.340. The molecule has 18 heavy (non-hydrogen) atoms. The third-order valence-electron chi connectivity index (χ3n) is 2.48. The van der Waals surface area contributed by atoms with E-state index in [4.69, 9.17) is 4.74 Å². The number of hydrogen-bond donors (Lipinski definition) is 1. The molecule has 0 spiro atoms. The fraction of sp³-hybridized carbons (Fsp3) is 0.500. The van der Waals surface area contributed by atoms with Crippen molar-refractivity contribution in [2.45, 2.75) is 26.4 Å². The predicted octanol–water partition coefficient (Wildman–Crippen LogP) is 2.65. The van der Waals surface area contributed by atoms with E-state index >= 15 is 0 Å². The Morgan fingerprint density at radius 1 is 1.33 bits per heavy atom. The highest BCUT2D eigenvalue weighted by molar-refractivity contribution is 5.67. The molecule has 100 valence electrons. The second kappa shape index (κ2) is 7.58. The van der Waals surface area contributed by atoms with Crippen molar-refractivity contribution in [2.24, 2.45) is 0 Å². The first kappa shape index (κ1) is 14.4. The highest BCUT2D eigenvalue weighted by atomic mass is 16.6. The van der Waals surface area contributed by atoms with Gasteiger partial charge in [-0.1, -0.05) is 18.2 Å². The molecule has 0 unspecified atom stereocenters. The van der Waals surface area contributed by atoms with Crippen LogP contribution in [-0.4, -0.2) is 32.3 Å². The molecule has 0 aromatic heterocycles. The lowest BCUT2D eigenvalue weighted by Gasteiger charge is -2.19. The minimum absolute atomic E-state index is 0.0722. The molecule has 0 saturated heterocycles. The molecule has 0 aliphatic rings. The zero-order chi connectivity index (χ0) is 13.4. The van der Waals surface area contributed by atoms with Gasteiger partial charge in [0, 0.05) is 25.8 Å². The van der Waals surface area contributed by atoms with E-state index in [-0.39, 0.29) is 12.2 Å². The highest BCUT2D eigenvalue weighted by Gasteiger charge is 2.04. The average Bonchev–Trinajstić information content (AvgIpc) is 2.34. The molecular formula is C14H22N2O2. The van der Waals surface area contributed by atoms with Gasteiger partial charge in [-0.2, -0.15) is 0 Å². The zero-order valence-corrected chi connectivity index (χ0v) is 11.3. The van der Waals surface area contributed by atoms with Crippen LogP contribution in [0.25, 0.3) is 0 Å². The smallest absolute Gasteiger partial charge is 0.407 e. The second-order valence-electron chi connectivity index (χ2n) is 4.49. The number of carbonyl (C=O) groups excluding carboxylic acids is 1. The van der Waals surface area contributed by atoms with Crippen LogP contribution in [0.1, 0.15) is 20.3 Å². The molecule has 4 nitrogen and oxygen atoms in total. The third-order valence-corrected chi connectivity index (χ3v) is 2.48. The first-order valence-corrected chi connectivity index (χ1v) is 6.30. The summed E-state index contributed by atoms with van der Waals surface area (Å²) in [5.74, 6) is 0. The van der Waals surface area contributed by atoms with Crippen molar-refractivity contribution in [1.29, 1.82) is 0 Å². The molecule has 0 bridgehead atoms. The molecule has 0 atom stereocenters. The Morgan fingerprint density at radius 3 is 2.61 bits per heavy atom. The van der Waals surface area contributed by atoms with Crippen molar-refractivity contribution in [3.8, 4) is 0 Å². The van der Waals surface area contributed by atoms with Crippen molar-refractivity contribution in [3.05, 3.63) is 30.3 Å². The summed E-state index contributed by atoms with van der Waals surface area (Å²) in [6.45, 7) is 5.19. The number of anilines is 1. The number of benzene rings is 1. The number of nitrogens with one attached hydrogen (secondary N) is 1. The number of rotatable bonds is 6. The first-order chi connectivity index (χ1) is 8.59. The number of carbonyl (C=O) groups is 1. The van der Waals surface area contributed by atoms with E-state index in [1.165, 1.54) is 5.69 Å². The number of ether oxygens (including phenoxy) is 1. The van der Waals surface area contributed by atoms with E-state index in [1.807, 2.05) is 39.1 Å². The van der Waals surface area contributed by atoms with Gasteiger partial charge in [-0.05, 0) is 32.4 Å². The first-order valence-electron chi connectivity index (χ1n) is 6.30. The maximum atomic E-state index is 11.2. The van der Waals surface area contributed by atoms with Crippen LogP contribution >= 0.6 is 0 Å². The Kier molecular flexibility index (Phi) is 6.05. The fourth-order valence-corrected chi connectivity index (χ4v) is 1.57. The van der Waals surface area contributed by atoms with Crippen molar-refractivity contribution in [1.82, 2.24) is 5.32 Å². The van der Waals surface area contributed by atoms with Crippen LogP contribution < -0.4 is 10.2 Å². The quantitative estimate of drug-likeness (QED) is 0.789. The zero-order valence-electron chi connectivity index (χ0n) is 11.3. The molecular weight excluding hydrogens is 228 g/mol. The van der Waals surface area contributed by atoms with Gasteiger partial charge in [-0.15, -0.1) is 0 Å². The van der Waals surface area contributed by atoms with Gasteiger partial charge in [-0.3, -0.25) is 0 Å². The molecule has 0 fully saturated rings. The molecule has 1 aromatic rings. The Bertz CT molecular complexity index is 352. The summed E-state index contributed by atoms with van der Waals surface area (Å²) in [4.78, 5) is 13.4. The van der Waals surface area contributed by atoms with Crippen LogP contribution in [0.2, 0.25) is 0 Å².